The molecule has 35 heavy (non-hydrogen) atoms. The summed E-state index contributed by atoms with van der Waals surface area (Å²) >= 11 is 0. The van der Waals surface area contributed by atoms with Crippen LogP contribution in [0.15, 0.2) is 48.5 Å². The van der Waals surface area contributed by atoms with Crippen LogP contribution in [0.25, 0.3) is 0 Å². The first-order valence-corrected chi connectivity index (χ1v) is 11.9. The van der Waals surface area contributed by atoms with Crippen molar-refractivity contribution >= 4 is 23.4 Å². The predicted octanol–water partition coefficient (Wildman–Crippen LogP) is 2.57. The first-order valence-electron chi connectivity index (χ1n) is 11.9. The van der Waals surface area contributed by atoms with E-state index in [1.165, 1.54) is 0 Å². The molecule has 0 aliphatic heterocycles. The number of hydrogen-bond acceptors (Lipinski definition) is 6. The molecule has 0 aliphatic carbocycles. The molecule has 0 saturated heterocycles. The third kappa shape index (κ3) is 7.31. The molecular weight excluding hydrogens is 444 g/mol. The van der Waals surface area contributed by atoms with Gasteiger partial charge >= 0.3 is 0 Å². The van der Waals surface area contributed by atoms with Gasteiger partial charge in [-0.05, 0) is 43.5 Å². The third-order valence-electron chi connectivity index (χ3n) is 5.90. The molecule has 2 aromatic rings. The number of amides is 2. The number of hydrogen-bond donors (Lipinski definition) is 4. The minimum absolute atomic E-state index is 0.00770. The summed E-state index contributed by atoms with van der Waals surface area (Å²) < 4.78 is 0. The third-order valence-corrected chi connectivity index (χ3v) is 5.90. The standard InChI is InChI=1S/C27H36N4O4/c1-16(2)22(24(32)18-10-5-7-12-20(18)26(28)34)30-14-9-15-31-23(17(3)4)25(33)19-11-6-8-13-21(19)27(29)35/h5-8,10-13,16-17,22-23,30-31H,9,14-15H2,1-4H3,(H2,28,34)(H2,29,35). The molecule has 0 saturated carbocycles. The smallest absolute Gasteiger partial charge is 0.249 e. The van der Waals surface area contributed by atoms with Crippen molar-refractivity contribution in [1.82, 2.24) is 10.6 Å². The molecule has 0 aliphatic rings. The van der Waals surface area contributed by atoms with E-state index in [1.807, 2.05) is 27.7 Å². The maximum atomic E-state index is 13.1. The molecule has 8 heteroatoms. The fraction of sp³-hybridized carbons (Fsp3) is 0.407. The van der Waals surface area contributed by atoms with Gasteiger partial charge in [0.15, 0.2) is 11.6 Å². The van der Waals surface area contributed by atoms with E-state index < -0.39 is 23.9 Å². The zero-order valence-corrected chi connectivity index (χ0v) is 20.8. The van der Waals surface area contributed by atoms with E-state index in [9.17, 15) is 19.2 Å². The molecule has 0 spiro atoms. The Labute approximate surface area is 206 Å². The molecule has 2 unspecified atom stereocenters. The molecule has 8 nitrogen and oxygen atoms in total. The van der Waals surface area contributed by atoms with E-state index in [0.717, 1.165) is 0 Å². The summed E-state index contributed by atoms with van der Waals surface area (Å²) in [5, 5.41) is 6.57. The highest BCUT2D eigenvalue weighted by atomic mass is 16.2. The molecule has 6 N–H and O–H groups in total. The molecule has 2 rings (SSSR count). The normalized spacial score (nSPS) is 13.0. The molecular formula is C27H36N4O4. The van der Waals surface area contributed by atoms with E-state index in [4.69, 9.17) is 11.5 Å². The van der Waals surface area contributed by atoms with Gasteiger partial charge in [0.25, 0.3) is 0 Å². The Kier molecular flexibility index (Phi) is 10.3. The first kappa shape index (κ1) is 27.9. The van der Waals surface area contributed by atoms with Crippen LogP contribution in [0.4, 0.5) is 0 Å². The topological polar surface area (TPSA) is 144 Å². The number of nitrogens with two attached hydrogens (primary N) is 2. The molecule has 188 valence electrons. The molecule has 0 bridgehead atoms. The van der Waals surface area contributed by atoms with Crippen LogP contribution >= 0.6 is 0 Å². The quantitative estimate of drug-likeness (QED) is 0.242. The van der Waals surface area contributed by atoms with Gasteiger partial charge in [-0.3, -0.25) is 19.2 Å². The number of Topliss-reactive ketones (excluding diaryl/α,β-unsaturated/α-hetero) is 2. The highest BCUT2D eigenvalue weighted by molar-refractivity contribution is 6.10. The molecule has 2 amide bonds. The summed E-state index contributed by atoms with van der Waals surface area (Å²) in [4.78, 5) is 49.8. The number of rotatable bonds is 14. The van der Waals surface area contributed by atoms with Crippen molar-refractivity contribution in [1.29, 1.82) is 0 Å². The second-order valence-corrected chi connectivity index (χ2v) is 9.25. The van der Waals surface area contributed by atoms with Gasteiger partial charge < -0.3 is 22.1 Å². The van der Waals surface area contributed by atoms with Crippen LogP contribution in [0.3, 0.4) is 0 Å². The van der Waals surface area contributed by atoms with Gasteiger partial charge in [-0.15, -0.1) is 0 Å². The van der Waals surface area contributed by atoms with Crippen molar-refractivity contribution in [2.75, 3.05) is 13.1 Å². The first-order chi connectivity index (χ1) is 16.6. The summed E-state index contributed by atoms with van der Waals surface area (Å²) in [6.07, 6.45) is 0.655. The van der Waals surface area contributed by atoms with Crippen molar-refractivity contribution in [3.63, 3.8) is 0 Å². The average Bonchev–Trinajstić information content (AvgIpc) is 2.82. The number of ketones is 2. The van der Waals surface area contributed by atoms with E-state index in [2.05, 4.69) is 10.6 Å². The van der Waals surface area contributed by atoms with Gasteiger partial charge in [-0.1, -0.05) is 64.1 Å². The minimum Gasteiger partial charge on any atom is -0.366 e. The number of carbonyl (C=O) groups is 4. The molecule has 2 aromatic carbocycles. The average molecular weight is 481 g/mol. The molecule has 0 heterocycles. The summed E-state index contributed by atoms with van der Waals surface area (Å²) in [6.45, 7) is 8.79. The summed E-state index contributed by atoms with van der Waals surface area (Å²) in [5.74, 6) is -1.65. The van der Waals surface area contributed by atoms with E-state index in [0.29, 0.717) is 30.6 Å². The van der Waals surface area contributed by atoms with Crippen LogP contribution in [0, 0.1) is 11.8 Å². The summed E-state index contributed by atoms with van der Waals surface area (Å²) in [6, 6.07) is 12.1. The van der Waals surface area contributed by atoms with Crippen LogP contribution in [0.2, 0.25) is 0 Å². The molecule has 0 aromatic heterocycles. The van der Waals surface area contributed by atoms with E-state index in [-0.39, 0.29) is 34.5 Å². The largest absolute Gasteiger partial charge is 0.366 e. The fourth-order valence-corrected chi connectivity index (χ4v) is 4.03. The number of carbonyl (C=O) groups excluding carboxylic acids is 4. The highest BCUT2D eigenvalue weighted by Gasteiger charge is 2.27. The van der Waals surface area contributed by atoms with Gasteiger partial charge in [-0.2, -0.15) is 0 Å². The Bertz CT molecular complexity index is 981. The molecule has 2 atom stereocenters. The lowest BCUT2D eigenvalue weighted by molar-refractivity contribution is 0.0902. The maximum absolute atomic E-state index is 13.1. The van der Waals surface area contributed by atoms with E-state index >= 15 is 0 Å². The summed E-state index contributed by atoms with van der Waals surface area (Å²) in [7, 11) is 0. The lowest BCUT2D eigenvalue weighted by Gasteiger charge is -2.24. The zero-order valence-electron chi connectivity index (χ0n) is 20.8. The van der Waals surface area contributed by atoms with Crippen molar-refractivity contribution in [3.05, 3.63) is 70.8 Å². The van der Waals surface area contributed by atoms with Crippen molar-refractivity contribution in [3.8, 4) is 0 Å². The Hall–Kier alpha value is -3.36. The van der Waals surface area contributed by atoms with Crippen LogP contribution in [0.5, 0.6) is 0 Å². The van der Waals surface area contributed by atoms with Gasteiger partial charge in [0.05, 0.1) is 12.1 Å². The Morgan fingerprint density at radius 3 is 1.23 bits per heavy atom. The van der Waals surface area contributed by atoms with Gasteiger partial charge in [-0.25, -0.2) is 0 Å². The second-order valence-electron chi connectivity index (χ2n) is 9.25. The van der Waals surface area contributed by atoms with Crippen LogP contribution in [-0.2, 0) is 0 Å². The maximum Gasteiger partial charge on any atom is 0.249 e. The van der Waals surface area contributed by atoms with Crippen LogP contribution in [0.1, 0.15) is 75.5 Å². The van der Waals surface area contributed by atoms with Crippen molar-refractivity contribution in [2.24, 2.45) is 23.3 Å². The van der Waals surface area contributed by atoms with Gasteiger partial charge in [0.2, 0.25) is 11.8 Å². The number of nitrogens with one attached hydrogen (secondary N) is 2. The Morgan fingerprint density at radius 2 is 0.943 bits per heavy atom. The monoisotopic (exact) mass is 480 g/mol. The second kappa shape index (κ2) is 12.9. The Morgan fingerprint density at radius 1 is 0.629 bits per heavy atom. The summed E-state index contributed by atoms with van der Waals surface area (Å²) in [5.41, 5.74) is 11.9. The SMILES string of the molecule is CC(C)C(NCCCNC(C(=O)c1ccccc1C(N)=O)C(C)C)C(=O)c1ccccc1C(N)=O. The lowest BCUT2D eigenvalue weighted by Crippen LogP contribution is -2.45. The fourth-order valence-electron chi connectivity index (χ4n) is 4.03. The van der Waals surface area contributed by atoms with Crippen LogP contribution < -0.4 is 22.1 Å². The molecule has 0 fully saturated rings. The predicted molar refractivity (Wildman–Crippen MR) is 136 cm³/mol. The van der Waals surface area contributed by atoms with Crippen LogP contribution in [-0.4, -0.2) is 48.6 Å². The van der Waals surface area contributed by atoms with Crippen molar-refractivity contribution in [2.45, 2.75) is 46.2 Å². The minimum atomic E-state index is -0.636. The zero-order chi connectivity index (χ0) is 26.1. The van der Waals surface area contributed by atoms with Gasteiger partial charge in [0.1, 0.15) is 0 Å². The number of primary amides is 2. The van der Waals surface area contributed by atoms with Gasteiger partial charge in [0, 0.05) is 22.3 Å². The number of benzene rings is 2. The van der Waals surface area contributed by atoms with E-state index in [1.54, 1.807) is 48.5 Å². The lowest BCUT2D eigenvalue weighted by atomic mass is 9.91. The Balaban J connectivity index is 2.00. The molecule has 0 radical (unpaired) electrons. The highest BCUT2D eigenvalue weighted by Crippen LogP contribution is 2.16. The van der Waals surface area contributed by atoms with Crippen molar-refractivity contribution < 1.29 is 19.2 Å².